The molecule has 5 aromatic carbocycles. The van der Waals surface area contributed by atoms with E-state index >= 15 is 0 Å². The largest absolute Gasteiger partial charge is 4.00 e. The summed E-state index contributed by atoms with van der Waals surface area (Å²) in [6, 6.07) is 50.3. The van der Waals surface area contributed by atoms with E-state index in [2.05, 4.69) is 140 Å². The molecule has 0 radical (unpaired) electrons. The summed E-state index contributed by atoms with van der Waals surface area (Å²) in [7, 11) is 0. The monoisotopic (exact) mass is 550 g/mol. The summed E-state index contributed by atoms with van der Waals surface area (Å²) in [5.41, 5.74) is 7.47. The molecule has 0 unspecified atom stereocenters. The molecule has 0 aliphatic heterocycles. The van der Waals surface area contributed by atoms with Gasteiger partial charge in [0.2, 0.25) is 0 Å². The van der Waals surface area contributed by atoms with E-state index in [1.54, 1.807) is 0 Å². The Morgan fingerprint density at radius 2 is 0.829 bits per heavy atom. The number of rotatable bonds is 6. The van der Waals surface area contributed by atoms with Crippen LogP contribution in [-0.2, 0) is 33.6 Å². The molecule has 5 aromatic rings. The zero-order chi connectivity index (χ0) is 20.9. The second kappa shape index (κ2) is 14.4. The second-order valence-corrected chi connectivity index (χ2v) is 8.02. The fraction of sp³-hybridized carbons (Fsp3) is 0.0645. The van der Waals surface area contributed by atoms with Gasteiger partial charge in [0.25, 0.3) is 0 Å². The molecule has 0 amide bonds. The maximum Gasteiger partial charge on any atom is 4.00 e. The fourth-order valence-electron chi connectivity index (χ4n) is 4.73. The van der Waals surface area contributed by atoms with Crippen molar-refractivity contribution in [3.8, 4) is 0 Å². The van der Waals surface area contributed by atoms with E-state index in [1.165, 1.54) is 33.4 Å². The van der Waals surface area contributed by atoms with Gasteiger partial charge in [-0.15, -0.1) is 5.56 Å². The topological polar surface area (TPSA) is 0 Å². The Balaban J connectivity index is 0.00000153. The Kier molecular flexibility index (Phi) is 12.7. The molecular weight excluding hydrogens is 527 g/mol. The van der Waals surface area contributed by atoms with Crippen molar-refractivity contribution in [3.63, 3.8) is 0 Å². The summed E-state index contributed by atoms with van der Waals surface area (Å²) in [6.45, 7) is 0. The van der Waals surface area contributed by atoms with Gasteiger partial charge in [-0.25, -0.2) is 6.07 Å². The van der Waals surface area contributed by atoms with Gasteiger partial charge in [-0.3, -0.25) is 0 Å². The zero-order valence-corrected chi connectivity index (χ0v) is 22.9. The fourth-order valence-corrected chi connectivity index (χ4v) is 4.73. The van der Waals surface area contributed by atoms with Gasteiger partial charge in [-0.05, 0) is 16.7 Å². The second-order valence-electron chi connectivity index (χ2n) is 8.02. The van der Waals surface area contributed by atoms with Crippen LogP contribution in [-0.4, -0.2) is 0 Å². The third-order valence-corrected chi connectivity index (χ3v) is 6.12. The number of benzene rings is 4. The predicted molar refractivity (Wildman–Crippen MR) is 130 cm³/mol. The van der Waals surface area contributed by atoms with Gasteiger partial charge in [-0.1, -0.05) is 133 Å². The summed E-state index contributed by atoms with van der Waals surface area (Å²) < 4.78 is 0. The summed E-state index contributed by atoms with van der Waals surface area (Å²) in [4.78, 5) is 0. The van der Waals surface area contributed by atoms with Crippen LogP contribution in [0, 0.1) is 0 Å². The average Bonchev–Trinajstić information content (AvgIpc) is 3.31. The Hall–Kier alpha value is -2.19. The van der Waals surface area contributed by atoms with Gasteiger partial charge in [-0.2, -0.15) is 17.7 Å². The SMILES string of the molecule is [Cl-].[Cl-].[Cl-].[Ti+4].c1ccc(Cc2cc[c-](C(c3ccccc3)(c3ccccc3)c3ccccc3)c2)cc1. The Morgan fingerprint density at radius 1 is 0.457 bits per heavy atom. The molecule has 0 nitrogen and oxygen atoms in total. The molecule has 0 saturated heterocycles. The molecule has 0 saturated carbocycles. The third-order valence-electron chi connectivity index (χ3n) is 6.12. The molecule has 5 rings (SSSR count). The first-order chi connectivity index (χ1) is 15.4. The Bertz CT molecular complexity index is 1140. The van der Waals surface area contributed by atoms with E-state index in [1.807, 2.05) is 0 Å². The molecule has 0 bridgehead atoms. The van der Waals surface area contributed by atoms with Gasteiger partial charge in [0.05, 0.1) is 0 Å². The van der Waals surface area contributed by atoms with Gasteiger partial charge in [0, 0.05) is 5.41 Å². The van der Waals surface area contributed by atoms with Crippen LogP contribution in [0.3, 0.4) is 0 Å². The first-order valence-electron chi connectivity index (χ1n) is 10.8. The van der Waals surface area contributed by atoms with Crippen LogP contribution in [0.4, 0.5) is 0 Å². The Labute approximate surface area is 242 Å². The number of hydrogen-bond donors (Lipinski definition) is 0. The van der Waals surface area contributed by atoms with Gasteiger partial charge >= 0.3 is 21.7 Å². The van der Waals surface area contributed by atoms with Crippen molar-refractivity contribution in [1.29, 1.82) is 0 Å². The summed E-state index contributed by atoms with van der Waals surface area (Å²) >= 11 is 0. The standard InChI is InChI=1S/C31H25.3ClH.Ti/c1-5-13-25(14-6-1)23-26-21-22-30(24-26)31(27-15-7-2-8-16-27,28-17-9-3-10-18-28)29-19-11-4-12-20-29;;;;/h1-22,24H,23H2;3*1H;/q-1;;;;+4/p-3. The van der Waals surface area contributed by atoms with Gasteiger partial charge in [0.1, 0.15) is 0 Å². The molecule has 0 aromatic heterocycles. The molecule has 35 heavy (non-hydrogen) atoms. The molecule has 0 heterocycles. The molecule has 0 aliphatic rings. The molecule has 0 spiro atoms. The van der Waals surface area contributed by atoms with E-state index in [9.17, 15) is 0 Å². The molecule has 0 aliphatic carbocycles. The van der Waals surface area contributed by atoms with E-state index < -0.39 is 0 Å². The predicted octanol–water partition coefficient (Wildman–Crippen LogP) is -1.61. The zero-order valence-electron chi connectivity index (χ0n) is 19.1. The summed E-state index contributed by atoms with van der Waals surface area (Å²) in [6.07, 6.45) is 0.940. The maximum absolute atomic E-state index is 2.39. The first kappa shape index (κ1) is 30.8. The van der Waals surface area contributed by atoms with Crippen LogP contribution < -0.4 is 37.2 Å². The molecular formula is C31H25Cl3Ti. The third kappa shape index (κ3) is 6.33. The number of hydrogen-bond acceptors (Lipinski definition) is 0. The van der Waals surface area contributed by atoms with Crippen molar-refractivity contribution in [3.05, 3.63) is 173 Å². The summed E-state index contributed by atoms with van der Waals surface area (Å²) in [5, 5.41) is 0. The van der Waals surface area contributed by atoms with Crippen molar-refractivity contribution in [2.75, 3.05) is 0 Å². The molecule has 174 valence electrons. The van der Waals surface area contributed by atoms with Gasteiger partial charge in [0.15, 0.2) is 0 Å². The smallest absolute Gasteiger partial charge is 1.00 e. The van der Waals surface area contributed by atoms with Gasteiger partial charge < -0.3 is 37.2 Å². The maximum atomic E-state index is 2.39. The molecule has 4 heteroatoms. The van der Waals surface area contributed by atoms with Crippen molar-refractivity contribution < 1.29 is 58.9 Å². The van der Waals surface area contributed by atoms with E-state index in [4.69, 9.17) is 0 Å². The quantitative estimate of drug-likeness (QED) is 0.135. The van der Waals surface area contributed by atoms with Crippen molar-refractivity contribution >= 4 is 0 Å². The van der Waals surface area contributed by atoms with Crippen LogP contribution in [0.25, 0.3) is 0 Å². The van der Waals surface area contributed by atoms with Crippen LogP contribution in [0.5, 0.6) is 0 Å². The first-order valence-corrected chi connectivity index (χ1v) is 10.8. The van der Waals surface area contributed by atoms with Crippen LogP contribution in [0.15, 0.2) is 140 Å². The van der Waals surface area contributed by atoms with Crippen LogP contribution >= 0.6 is 0 Å². The van der Waals surface area contributed by atoms with Crippen molar-refractivity contribution in [2.45, 2.75) is 11.8 Å². The normalized spacial score (nSPS) is 10.1. The molecule has 0 fully saturated rings. The van der Waals surface area contributed by atoms with Crippen molar-refractivity contribution in [1.82, 2.24) is 0 Å². The minimum absolute atomic E-state index is 0. The minimum Gasteiger partial charge on any atom is -1.00 e. The minimum atomic E-state index is -0.362. The Morgan fingerprint density at radius 3 is 1.23 bits per heavy atom. The van der Waals surface area contributed by atoms with E-state index in [0.717, 1.165) is 6.42 Å². The molecule has 0 atom stereocenters. The van der Waals surface area contributed by atoms with Crippen LogP contribution in [0.1, 0.15) is 33.4 Å². The van der Waals surface area contributed by atoms with Crippen molar-refractivity contribution in [2.24, 2.45) is 0 Å². The van der Waals surface area contributed by atoms with Crippen LogP contribution in [0.2, 0.25) is 0 Å². The van der Waals surface area contributed by atoms with E-state index in [-0.39, 0.29) is 64.4 Å². The average molecular weight is 552 g/mol. The molecule has 0 N–H and O–H groups in total. The summed E-state index contributed by atoms with van der Waals surface area (Å²) in [5.74, 6) is 0. The van der Waals surface area contributed by atoms with E-state index in [0.29, 0.717) is 0 Å². The number of halogens is 3.